The Labute approximate surface area is 770 Å². The summed E-state index contributed by atoms with van der Waals surface area (Å²) in [5, 5.41) is 28.5. The number of para-hydroxylation sites is 1. The van der Waals surface area contributed by atoms with Crippen molar-refractivity contribution in [3.8, 4) is 5.69 Å². The number of hydrogen-bond acceptors (Lipinski definition) is 29. The highest BCUT2D eigenvalue weighted by Gasteiger charge is 2.60. The van der Waals surface area contributed by atoms with E-state index in [2.05, 4.69) is 88.3 Å². The summed E-state index contributed by atoms with van der Waals surface area (Å²) in [7, 11) is 0. The molecular weight excluding hydrogens is 1730 g/mol. The molecule has 9 aromatic rings. The van der Waals surface area contributed by atoms with Crippen molar-refractivity contribution < 1.29 is 105 Å². The van der Waals surface area contributed by atoms with E-state index in [4.69, 9.17) is 53.1 Å². The molecular formula is C96H106N16O22. The van der Waals surface area contributed by atoms with Crippen molar-refractivity contribution in [2.24, 2.45) is 29.4 Å². The van der Waals surface area contributed by atoms with E-state index in [1.54, 1.807) is 94.6 Å². The van der Waals surface area contributed by atoms with E-state index in [1.165, 1.54) is 10.5 Å². The van der Waals surface area contributed by atoms with Gasteiger partial charge in [0.15, 0.2) is 0 Å². The van der Waals surface area contributed by atoms with E-state index in [-0.39, 0.29) is 95.9 Å². The molecule has 4 saturated heterocycles. The molecule has 1 saturated carbocycles. The van der Waals surface area contributed by atoms with Crippen LogP contribution in [0.1, 0.15) is 130 Å². The fourth-order valence-electron chi connectivity index (χ4n) is 18.1. The van der Waals surface area contributed by atoms with Crippen LogP contribution in [0.25, 0.3) is 27.5 Å². The lowest BCUT2D eigenvalue weighted by molar-refractivity contribution is -0.137. The first kappa shape index (κ1) is 94.1. The van der Waals surface area contributed by atoms with Crippen LogP contribution >= 0.6 is 0 Å². The fourth-order valence-corrected chi connectivity index (χ4v) is 18.1. The van der Waals surface area contributed by atoms with Gasteiger partial charge >= 0.3 is 0 Å². The second-order valence-corrected chi connectivity index (χ2v) is 33.3. The Balaban J connectivity index is 0.000000195. The summed E-state index contributed by atoms with van der Waals surface area (Å²) in [5.41, 5.74) is 14.1. The number of piperidine rings is 3. The van der Waals surface area contributed by atoms with Gasteiger partial charge in [-0.25, -0.2) is 9.36 Å². The molecule has 38 heteroatoms. The Morgan fingerprint density at radius 2 is 1.01 bits per heavy atom. The summed E-state index contributed by atoms with van der Waals surface area (Å²) in [6, 6.07) is 35.7. The summed E-state index contributed by atoms with van der Waals surface area (Å²) < 4.78 is 59.9. The standard InChI is InChI=1S/C48H45N9O10.C48H61N7O12/c58-38-14-13-37(44(60)52-38)57-45(61)34-4-2-5-35(41(34)48(57)64)49-17-18-65-19-20-66-21-22-67-26-31-25-55(54-53-31)24-30-15-16-50-42-33(30)3-1-6-36(42)51-43(59)27-9-11-32(12-10-27)56-46(62)39-28-7-8-29(23-28)40(39)47(56)63;49-45(57)39-7-1-4-36-33-54(52-44(36)39)37-11-9-34(10-12-37)35-5-3-16-53(32-35)17-19-62-21-23-64-25-27-66-29-31-67-30-28-65-26-24-63-22-20-61-18-15-50-40-8-2-6-38-43(40)48(60)55(47(38)59)41-13-14-42(56)51-46(41)58/h1-12,15-16,25,28-29,37,39-40,49H,13-14,17-24,26H2,(H,51,59)(H,52,58,60);1-2,4,6-12,33,35,41,50H,3,5,13-32H2,(H2,49,57)(H,51,56,58)/t28-,29?,37?,39-,40+;35-,41?/m01/s1. The Kier molecular flexibility index (Phi) is 31.6. The van der Waals surface area contributed by atoms with Crippen LogP contribution in [-0.4, -0.2) is 286 Å². The SMILES string of the molecule is NC(=O)c1cccc2cn(-c3ccc([C@@H]4CCCN(CCOCCOCCOCCOCCOCCOCCOCCNc5cccc6c5C(=O)N(C5CCC(=O)NC5=O)C6=O)C4)cc3)nc12.O=C1CCC(N2C(=O)c3cccc(NCCOCCOCCOCc4cn(Cc5ccnc6c(NC(=O)c7ccc(N8C(=O)[C@@H]9[C@H](C8=O)C8C=C[C@H]9C8)cc7)cccc56)nn4)c3C2=O)C(=O)N1. The number of anilines is 4. The second-order valence-electron chi connectivity index (χ2n) is 33.3. The van der Waals surface area contributed by atoms with Crippen molar-refractivity contribution in [2.75, 3.05) is 179 Å². The van der Waals surface area contributed by atoms with E-state index in [0.717, 1.165) is 70.7 Å². The number of nitrogens with two attached hydrogens (primary N) is 1. The van der Waals surface area contributed by atoms with Crippen molar-refractivity contribution in [1.82, 2.24) is 55.1 Å². The van der Waals surface area contributed by atoms with Gasteiger partial charge in [-0.3, -0.25) is 87.9 Å². The third kappa shape index (κ3) is 22.3. The number of likely N-dealkylation sites (tertiary alicyclic amines) is 1. The normalized spacial score (nSPS) is 19.7. The molecule has 9 heterocycles. The van der Waals surface area contributed by atoms with Crippen LogP contribution in [0.3, 0.4) is 0 Å². The third-order valence-corrected chi connectivity index (χ3v) is 24.7. The molecule has 6 aromatic carbocycles. The number of primary amides is 1. The quantitative estimate of drug-likeness (QED) is 0.0136. The molecule has 5 fully saturated rings. The first-order valence-corrected chi connectivity index (χ1v) is 45.2. The number of nitrogens with zero attached hydrogens (tertiary/aromatic N) is 10. The zero-order valence-electron chi connectivity index (χ0n) is 73.9. The average Bonchev–Trinajstić information content (AvgIpc) is 1.55. The lowest BCUT2D eigenvalue weighted by atomic mass is 9.85. The van der Waals surface area contributed by atoms with Crippen LogP contribution < -0.4 is 37.2 Å². The predicted molar refractivity (Wildman–Crippen MR) is 484 cm³/mol. The number of hydrogen-bond donors (Lipinski definition) is 6. The number of nitrogens with one attached hydrogen (secondary N) is 5. The van der Waals surface area contributed by atoms with Crippen LogP contribution in [0.5, 0.6) is 0 Å². The van der Waals surface area contributed by atoms with Gasteiger partial charge in [-0.15, -0.1) is 5.10 Å². The number of fused-ring (bicyclic) bond motifs is 9. The van der Waals surface area contributed by atoms with E-state index in [0.29, 0.717) is 202 Å². The van der Waals surface area contributed by atoms with Gasteiger partial charge in [0.25, 0.3) is 35.4 Å². The van der Waals surface area contributed by atoms with Gasteiger partial charge in [0.05, 0.1) is 207 Å². The summed E-state index contributed by atoms with van der Waals surface area (Å²) in [4.78, 5) is 162. The van der Waals surface area contributed by atoms with Crippen molar-refractivity contribution in [2.45, 2.75) is 76.1 Å². The maximum atomic E-state index is 13.4. The molecule has 0 radical (unpaired) electrons. The molecule has 0 spiro atoms. The van der Waals surface area contributed by atoms with Crippen molar-refractivity contribution >= 4 is 115 Å². The zero-order valence-corrected chi connectivity index (χ0v) is 73.9. The number of carbonyl (C=O) groups is 12. The van der Waals surface area contributed by atoms with Crippen LogP contribution in [0.4, 0.5) is 22.7 Å². The number of ether oxygens (including phenoxy) is 10. The average molecular weight is 1840 g/mol. The number of pyridine rings is 1. The van der Waals surface area contributed by atoms with Crippen LogP contribution in [0.15, 0.2) is 158 Å². The van der Waals surface area contributed by atoms with Crippen LogP contribution in [-0.2, 0) is 89.3 Å². The van der Waals surface area contributed by atoms with Gasteiger partial charge in [0.1, 0.15) is 23.3 Å². The van der Waals surface area contributed by atoms with Gasteiger partial charge < -0.3 is 74.0 Å². The van der Waals surface area contributed by atoms with E-state index in [9.17, 15) is 57.5 Å². The zero-order chi connectivity index (χ0) is 93.0. The number of carbonyl (C=O) groups excluding carboxylic acids is 12. The lowest BCUT2D eigenvalue weighted by Gasteiger charge is -2.33. The maximum Gasteiger partial charge on any atom is 0.264 e. The van der Waals surface area contributed by atoms with Gasteiger partial charge in [-0.1, -0.05) is 65.9 Å². The third-order valence-electron chi connectivity index (χ3n) is 24.7. The minimum atomic E-state index is -1.03. The highest BCUT2D eigenvalue weighted by Crippen LogP contribution is 2.53. The predicted octanol–water partition coefficient (Wildman–Crippen LogP) is 6.43. The second kappa shape index (κ2) is 45.1. The number of imide groups is 5. The molecule has 2 bridgehead atoms. The molecule has 6 aliphatic heterocycles. The fraction of sp³-hybridized carbons (Fsp3) is 0.417. The first-order chi connectivity index (χ1) is 65.4. The minimum absolute atomic E-state index is 0.0485. The molecule has 7 atom stereocenters. The molecule has 2 aliphatic carbocycles. The molecule has 38 nitrogen and oxygen atoms in total. The molecule has 3 aromatic heterocycles. The number of benzene rings is 6. The Morgan fingerprint density at radius 3 is 1.55 bits per heavy atom. The van der Waals surface area contributed by atoms with E-state index >= 15 is 0 Å². The highest BCUT2D eigenvalue weighted by molar-refractivity contribution is 6.27. The summed E-state index contributed by atoms with van der Waals surface area (Å²) in [6.07, 6.45) is 13.0. The maximum absolute atomic E-state index is 13.4. The van der Waals surface area contributed by atoms with Gasteiger partial charge in [-0.05, 0) is 146 Å². The summed E-state index contributed by atoms with van der Waals surface area (Å²) >= 11 is 0. The molecule has 7 N–H and O–H groups in total. The molecule has 3 unspecified atom stereocenters. The smallest absolute Gasteiger partial charge is 0.264 e. The van der Waals surface area contributed by atoms with Crippen molar-refractivity contribution in [3.63, 3.8) is 0 Å². The van der Waals surface area contributed by atoms with E-state index < -0.39 is 65.2 Å². The van der Waals surface area contributed by atoms with Gasteiger partial charge in [-0.2, -0.15) is 5.10 Å². The van der Waals surface area contributed by atoms with Crippen LogP contribution in [0.2, 0.25) is 0 Å². The molecule has 134 heavy (non-hydrogen) atoms. The van der Waals surface area contributed by atoms with Gasteiger partial charge in [0.2, 0.25) is 35.4 Å². The first-order valence-electron chi connectivity index (χ1n) is 45.2. The Hall–Kier alpha value is -13.1. The van der Waals surface area contributed by atoms with E-state index in [1.807, 2.05) is 36.5 Å². The van der Waals surface area contributed by atoms with Gasteiger partial charge in [0, 0.05) is 79.1 Å². The monoisotopic (exact) mass is 1830 g/mol. The largest absolute Gasteiger partial charge is 0.382 e. The summed E-state index contributed by atoms with van der Waals surface area (Å²) in [6.45, 7) is 12.3. The number of rotatable bonds is 47. The number of aromatic nitrogens is 6. The lowest BCUT2D eigenvalue weighted by Crippen LogP contribution is -2.54. The van der Waals surface area contributed by atoms with Crippen LogP contribution in [0, 0.1) is 23.7 Å². The minimum Gasteiger partial charge on any atom is -0.382 e. The highest BCUT2D eigenvalue weighted by atomic mass is 16.6. The number of amides is 12. The topological polar surface area (TPSA) is 458 Å². The Morgan fingerprint density at radius 1 is 0.500 bits per heavy atom. The van der Waals surface area contributed by atoms with Crippen molar-refractivity contribution in [1.29, 1.82) is 0 Å². The van der Waals surface area contributed by atoms with Crippen molar-refractivity contribution in [3.05, 3.63) is 208 Å². The molecule has 17 rings (SSSR count). The Bertz CT molecular complexity index is 5820. The number of allylic oxidation sites excluding steroid dienone is 2. The molecule has 8 aliphatic rings. The molecule has 12 amide bonds. The molecule has 702 valence electrons. The summed E-state index contributed by atoms with van der Waals surface area (Å²) in [5.74, 6) is -5.46.